The summed E-state index contributed by atoms with van der Waals surface area (Å²) in [6, 6.07) is 4.37. The molecule has 0 saturated carbocycles. The molecule has 0 amide bonds. The molecule has 0 radical (unpaired) electrons. The third kappa shape index (κ3) is 4.06. The van der Waals surface area contributed by atoms with Gasteiger partial charge in [0.25, 0.3) is 0 Å². The van der Waals surface area contributed by atoms with Crippen molar-refractivity contribution < 1.29 is 23.9 Å². The van der Waals surface area contributed by atoms with Crippen LogP contribution in [0.4, 0.5) is 0 Å². The number of esters is 1. The zero-order valence-electron chi connectivity index (χ0n) is 10.6. The molecule has 0 heterocycles. The quantitative estimate of drug-likeness (QED) is 0.346. The van der Waals surface area contributed by atoms with Gasteiger partial charge in [0.2, 0.25) is 5.78 Å². The Labute approximate surface area is 115 Å². The van der Waals surface area contributed by atoms with Crippen LogP contribution in [0.2, 0.25) is 5.02 Å². The van der Waals surface area contributed by atoms with Crippen molar-refractivity contribution in [2.45, 2.75) is 13.3 Å². The van der Waals surface area contributed by atoms with Crippen LogP contribution in [0.1, 0.15) is 23.7 Å². The van der Waals surface area contributed by atoms with Crippen LogP contribution in [0.15, 0.2) is 18.2 Å². The van der Waals surface area contributed by atoms with E-state index in [0.29, 0.717) is 10.8 Å². The normalized spacial score (nSPS) is 9.84. The Morgan fingerprint density at radius 2 is 1.95 bits per heavy atom. The summed E-state index contributed by atoms with van der Waals surface area (Å²) in [6.07, 6.45) is -0.538. The largest absolute Gasteiger partial charge is 0.495 e. The Balaban J connectivity index is 2.78. The molecule has 0 spiro atoms. The summed E-state index contributed by atoms with van der Waals surface area (Å²) in [7, 11) is 1.42. The average molecular weight is 285 g/mol. The molecule has 1 rings (SSSR count). The number of halogens is 1. The van der Waals surface area contributed by atoms with Gasteiger partial charge in [-0.1, -0.05) is 11.6 Å². The number of Topliss-reactive ketones (excluding diaryl/α,β-unsaturated/α-hetero) is 2. The molecule has 0 aliphatic heterocycles. The Bertz CT molecular complexity index is 510. The first-order valence-electron chi connectivity index (χ1n) is 5.56. The molecule has 19 heavy (non-hydrogen) atoms. The molecule has 5 nitrogen and oxygen atoms in total. The topological polar surface area (TPSA) is 69.7 Å². The number of methoxy groups -OCH3 is 1. The number of hydrogen-bond acceptors (Lipinski definition) is 5. The number of carbonyl (C=O) groups is 3. The molecule has 0 saturated heterocycles. The summed E-state index contributed by atoms with van der Waals surface area (Å²) in [6.45, 7) is 1.67. The second-order valence-corrected chi connectivity index (χ2v) is 4.00. The van der Waals surface area contributed by atoms with E-state index in [2.05, 4.69) is 4.74 Å². The van der Waals surface area contributed by atoms with Gasteiger partial charge in [-0.15, -0.1) is 0 Å². The van der Waals surface area contributed by atoms with Crippen molar-refractivity contribution in [1.82, 2.24) is 0 Å². The van der Waals surface area contributed by atoms with Crippen LogP contribution in [0.3, 0.4) is 0 Å². The van der Waals surface area contributed by atoms with Crippen LogP contribution in [-0.2, 0) is 14.3 Å². The van der Waals surface area contributed by atoms with Crippen LogP contribution in [-0.4, -0.2) is 31.3 Å². The predicted octanol–water partition coefficient (Wildman–Crippen LogP) is 2.05. The third-order valence-electron chi connectivity index (χ3n) is 2.30. The number of ether oxygens (including phenoxy) is 2. The fraction of sp³-hybridized carbons (Fsp3) is 0.308. The molecular weight excluding hydrogens is 272 g/mol. The average Bonchev–Trinajstić information content (AvgIpc) is 2.39. The number of carbonyl (C=O) groups excluding carboxylic acids is 3. The second kappa shape index (κ2) is 6.89. The highest BCUT2D eigenvalue weighted by Gasteiger charge is 2.20. The van der Waals surface area contributed by atoms with Crippen molar-refractivity contribution >= 4 is 29.1 Å². The van der Waals surface area contributed by atoms with Gasteiger partial charge in [0.1, 0.15) is 5.75 Å². The highest BCUT2D eigenvalue weighted by Crippen LogP contribution is 2.25. The molecule has 0 bridgehead atoms. The van der Waals surface area contributed by atoms with E-state index in [1.165, 1.54) is 25.3 Å². The van der Waals surface area contributed by atoms with Gasteiger partial charge in [-0.05, 0) is 25.1 Å². The minimum absolute atomic E-state index is 0.0908. The van der Waals surface area contributed by atoms with Gasteiger partial charge in [0, 0.05) is 5.56 Å². The molecule has 0 unspecified atom stereocenters. The van der Waals surface area contributed by atoms with Gasteiger partial charge in [-0.2, -0.15) is 0 Å². The molecule has 1 aromatic carbocycles. The summed E-state index contributed by atoms with van der Waals surface area (Å²) in [4.78, 5) is 34.3. The van der Waals surface area contributed by atoms with Gasteiger partial charge >= 0.3 is 5.97 Å². The Kier molecular flexibility index (Phi) is 5.51. The number of rotatable bonds is 6. The highest BCUT2D eigenvalue weighted by atomic mass is 35.5. The van der Waals surface area contributed by atoms with E-state index in [4.69, 9.17) is 16.3 Å². The Hall–Kier alpha value is -1.88. The zero-order valence-corrected chi connectivity index (χ0v) is 11.3. The van der Waals surface area contributed by atoms with Crippen LogP contribution >= 0.6 is 11.6 Å². The molecule has 0 aromatic heterocycles. The first kappa shape index (κ1) is 15.2. The summed E-state index contributed by atoms with van der Waals surface area (Å²) >= 11 is 5.82. The highest BCUT2D eigenvalue weighted by molar-refractivity contribution is 6.38. The summed E-state index contributed by atoms with van der Waals surface area (Å²) in [5.74, 6) is -2.04. The second-order valence-electron chi connectivity index (χ2n) is 3.59. The van der Waals surface area contributed by atoms with Crippen molar-refractivity contribution in [1.29, 1.82) is 0 Å². The van der Waals surface area contributed by atoms with Gasteiger partial charge in [0.15, 0.2) is 5.78 Å². The van der Waals surface area contributed by atoms with Gasteiger partial charge in [0.05, 0.1) is 25.2 Å². The van der Waals surface area contributed by atoms with Gasteiger partial charge in [-0.3, -0.25) is 9.59 Å². The van der Waals surface area contributed by atoms with Crippen molar-refractivity contribution in [3.8, 4) is 5.75 Å². The fourth-order valence-electron chi connectivity index (χ4n) is 1.36. The molecule has 0 aliphatic carbocycles. The standard InChI is InChI=1S/C13H13ClO5/c1-3-19-13(17)11(16)7-10(15)8-4-5-9(14)12(6-8)18-2/h4-6H,3,7H2,1-2H3. The minimum Gasteiger partial charge on any atom is -0.495 e. The predicted molar refractivity (Wildman–Crippen MR) is 68.6 cm³/mol. The first-order valence-corrected chi connectivity index (χ1v) is 5.94. The lowest BCUT2D eigenvalue weighted by molar-refractivity contribution is -0.153. The molecule has 102 valence electrons. The molecule has 0 N–H and O–H groups in total. The molecule has 0 aliphatic rings. The first-order chi connectivity index (χ1) is 8.99. The molecule has 0 fully saturated rings. The van der Waals surface area contributed by atoms with E-state index in [1.807, 2.05) is 0 Å². The van der Waals surface area contributed by atoms with Crippen LogP contribution < -0.4 is 4.74 Å². The summed E-state index contributed by atoms with van der Waals surface area (Å²) < 4.78 is 9.48. The monoisotopic (exact) mass is 284 g/mol. The smallest absolute Gasteiger partial charge is 0.375 e. The molecule has 1 aromatic rings. The maximum absolute atomic E-state index is 11.8. The summed E-state index contributed by atoms with van der Waals surface area (Å²) in [5, 5.41) is 0.357. The van der Waals surface area contributed by atoms with E-state index < -0.39 is 24.0 Å². The van der Waals surface area contributed by atoms with E-state index in [0.717, 1.165) is 0 Å². The fourth-order valence-corrected chi connectivity index (χ4v) is 1.56. The lowest BCUT2D eigenvalue weighted by atomic mass is 10.1. The summed E-state index contributed by atoms with van der Waals surface area (Å²) in [5.41, 5.74) is 0.249. The third-order valence-corrected chi connectivity index (χ3v) is 2.61. The van der Waals surface area contributed by atoms with E-state index >= 15 is 0 Å². The van der Waals surface area contributed by atoms with Gasteiger partial charge < -0.3 is 9.47 Å². The minimum atomic E-state index is -1.00. The molecular formula is C13H13ClO5. The van der Waals surface area contributed by atoms with Gasteiger partial charge in [-0.25, -0.2) is 4.79 Å². The van der Waals surface area contributed by atoms with E-state index in [-0.39, 0.29) is 12.2 Å². The zero-order chi connectivity index (χ0) is 14.4. The maximum atomic E-state index is 11.8. The van der Waals surface area contributed by atoms with Crippen LogP contribution in [0, 0.1) is 0 Å². The van der Waals surface area contributed by atoms with Crippen molar-refractivity contribution in [3.63, 3.8) is 0 Å². The van der Waals surface area contributed by atoms with E-state index in [1.54, 1.807) is 6.92 Å². The van der Waals surface area contributed by atoms with E-state index in [9.17, 15) is 14.4 Å². The Morgan fingerprint density at radius 1 is 1.26 bits per heavy atom. The lowest BCUT2D eigenvalue weighted by Gasteiger charge is -2.05. The molecule has 6 heteroatoms. The van der Waals surface area contributed by atoms with Crippen molar-refractivity contribution in [2.75, 3.05) is 13.7 Å². The lowest BCUT2D eigenvalue weighted by Crippen LogP contribution is -2.20. The maximum Gasteiger partial charge on any atom is 0.375 e. The number of benzene rings is 1. The SMILES string of the molecule is CCOC(=O)C(=O)CC(=O)c1ccc(Cl)c(OC)c1. The number of hydrogen-bond donors (Lipinski definition) is 0. The van der Waals surface area contributed by atoms with Crippen molar-refractivity contribution in [3.05, 3.63) is 28.8 Å². The van der Waals surface area contributed by atoms with Crippen LogP contribution in [0.5, 0.6) is 5.75 Å². The number of ketones is 2. The van der Waals surface area contributed by atoms with Crippen molar-refractivity contribution in [2.24, 2.45) is 0 Å². The van der Waals surface area contributed by atoms with Crippen LogP contribution in [0.25, 0.3) is 0 Å². The Morgan fingerprint density at radius 3 is 2.53 bits per heavy atom. The molecule has 0 atom stereocenters.